The summed E-state index contributed by atoms with van der Waals surface area (Å²) in [5.74, 6) is 0.987. The molecule has 0 aliphatic heterocycles. The fraction of sp³-hybridized carbons (Fsp3) is 0.625. The summed E-state index contributed by atoms with van der Waals surface area (Å²) in [5.41, 5.74) is 0. The predicted molar refractivity (Wildman–Crippen MR) is 37.2 cm³/mol. The van der Waals surface area contributed by atoms with Gasteiger partial charge in [0.2, 0.25) is 0 Å². The van der Waals surface area contributed by atoms with Gasteiger partial charge in [0, 0.05) is 12.8 Å². The van der Waals surface area contributed by atoms with Crippen LogP contribution >= 0.6 is 0 Å². The van der Waals surface area contributed by atoms with Gasteiger partial charge in [0.05, 0.1) is 0 Å². The zero-order valence-electron chi connectivity index (χ0n) is 5.76. The van der Waals surface area contributed by atoms with Crippen LogP contribution in [0.3, 0.4) is 0 Å². The van der Waals surface area contributed by atoms with Crippen molar-refractivity contribution in [3.63, 3.8) is 0 Å². The van der Waals surface area contributed by atoms with Gasteiger partial charge >= 0.3 is 0 Å². The number of hydrogen-bond donors (Lipinski definition) is 0. The molecule has 0 aromatic heterocycles. The maximum atomic E-state index is 10.7. The largest absolute Gasteiger partial charge is 0.300 e. The van der Waals surface area contributed by atoms with Crippen molar-refractivity contribution >= 4 is 5.78 Å². The van der Waals surface area contributed by atoms with Gasteiger partial charge in [0.25, 0.3) is 0 Å². The van der Waals surface area contributed by atoms with Crippen LogP contribution in [-0.2, 0) is 4.79 Å². The highest BCUT2D eigenvalue weighted by Gasteiger charge is 2.18. The monoisotopic (exact) mass is 124 g/mol. The van der Waals surface area contributed by atoms with E-state index < -0.39 is 0 Å². The molecule has 1 nitrogen and oxygen atoms in total. The average molecular weight is 124 g/mol. The summed E-state index contributed by atoms with van der Waals surface area (Å²) in [4.78, 5) is 10.7. The molecule has 0 amide bonds. The lowest BCUT2D eigenvalue weighted by molar-refractivity contribution is -0.117. The van der Waals surface area contributed by atoms with Gasteiger partial charge in [0.1, 0.15) is 5.78 Å². The Hall–Kier alpha value is -0.590. The molecule has 9 heavy (non-hydrogen) atoms. The van der Waals surface area contributed by atoms with Gasteiger partial charge in [-0.25, -0.2) is 0 Å². The van der Waals surface area contributed by atoms with E-state index in [4.69, 9.17) is 0 Å². The Morgan fingerprint density at radius 3 is 2.89 bits per heavy atom. The zero-order valence-corrected chi connectivity index (χ0v) is 5.76. The van der Waals surface area contributed by atoms with E-state index in [0.29, 0.717) is 11.7 Å². The summed E-state index contributed by atoms with van der Waals surface area (Å²) in [6, 6.07) is 0. The molecule has 0 N–H and O–H groups in total. The Labute approximate surface area is 55.8 Å². The van der Waals surface area contributed by atoms with Gasteiger partial charge in [-0.2, -0.15) is 0 Å². The highest BCUT2D eigenvalue weighted by molar-refractivity contribution is 5.80. The SMILES string of the molecule is C/C=C/[C@@H]1CCC(=O)C1. The first-order chi connectivity index (χ1) is 4.33. The molecular formula is C8H12O. The second-order valence-electron chi connectivity index (χ2n) is 2.57. The second-order valence-corrected chi connectivity index (χ2v) is 2.57. The minimum atomic E-state index is 0.429. The van der Waals surface area contributed by atoms with Crippen molar-refractivity contribution in [1.82, 2.24) is 0 Å². The summed E-state index contributed by atoms with van der Waals surface area (Å²) in [5, 5.41) is 0. The van der Waals surface area contributed by atoms with Gasteiger partial charge < -0.3 is 0 Å². The number of ketones is 1. The Kier molecular flexibility index (Phi) is 2.04. The molecule has 1 aliphatic carbocycles. The molecule has 1 rings (SSSR count). The van der Waals surface area contributed by atoms with Gasteiger partial charge in [-0.3, -0.25) is 4.79 Å². The molecule has 1 fully saturated rings. The van der Waals surface area contributed by atoms with Crippen molar-refractivity contribution in [2.75, 3.05) is 0 Å². The molecule has 0 aromatic rings. The third-order valence-electron chi connectivity index (χ3n) is 1.75. The molecule has 0 unspecified atom stereocenters. The molecule has 1 aliphatic rings. The molecule has 0 spiro atoms. The van der Waals surface area contributed by atoms with Crippen LogP contribution in [0.25, 0.3) is 0 Å². The smallest absolute Gasteiger partial charge is 0.133 e. The predicted octanol–water partition coefficient (Wildman–Crippen LogP) is 1.93. The number of rotatable bonds is 1. The van der Waals surface area contributed by atoms with Crippen LogP contribution in [0, 0.1) is 5.92 Å². The third kappa shape index (κ3) is 1.67. The van der Waals surface area contributed by atoms with Crippen molar-refractivity contribution in [3.05, 3.63) is 12.2 Å². The van der Waals surface area contributed by atoms with Crippen molar-refractivity contribution in [2.24, 2.45) is 5.92 Å². The number of carbonyl (C=O) groups is 1. The van der Waals surface area contributed by atoms with Crippen LogP contribution in [0.1, 0.15) is 26.2 Å². The number of Topliss-reactive ketones (excluding diaryl/α,β-unsaturated/α-hetero) is 1. The first kappa shape index (κ1) is 6.53. The van der Waals surface area contributed by atoms with E-state index in [0.717, 1.165) is 19.3 Å². The van der Waals surface area contributed by atoms with Crippen LogP contribution in [0.2, 0.25) is 0 Å². The summed E-state index contributed by atoms with van der Waals surface area (Å²) in [6.45, 7) is 2.00. The first-order valence-corrected chi connectivity index (χ1v) is 3.47. The lowest BCUT2D eigenvalue weighted by Crippen LogP contribution is -1.89. The third-order valence-corrected chi connectivity index (χ3v) is 1.75. The van der Waals surface area contributed by atoms with Gasteiger partial charge in [-0.15, -0.1) is 0 Å². The molecule has 0 heterocycles. The molecule has 0 bridgehead atoms. The van der Waals surface area contributed by atoms with Crippen molar-refractivity contribution in [3.8, 4) is 0 Å². The van der Waals surface area contributed by atoms with E-state index in [-0.39, 0.29) is 0 Å². The zero-order chi connectivity index (χ0) is 6.69. The van der Waals surface area contributed by atoms with E-state index in [1.54, 1.807) is 0 Å². The Morgan fingerprint density at radius 2 is 2.44 bits per heavy atom. The Bertz CT molecular complexity index is 136. The van der Waals surface area contributed by atoms with Crippen LogP contribution < -0.4 is 0 Å². The number of carbonyl (C=O) groups excluding carboxylic acids is 1. The minimum Gasteiger partial charge on any atom is -0.300 e. The molecular weight excluding hydrogens is 112 g/mol. The van der Waals surface area contributed by atoms with E-state index >= 15 is 0 Å². The quantitative estimate of drug-likeness (QED) is 0.488. The Balaban J connectivity index is 2.39. The maximum absolute atomic E-state index is 10.7. The fourth-order valence-corrected chi connectivity index (χ4v) is 1.28. The average Bonchev–Trinajstić information content (AvgIpc) is 2.17. The van der Waals surface area contributed by atoms with Crippen LogP contribution in [-0.4, -0.2) is 5.78 Å². The van der Waals surface area contributed by atoms with Crippen LogP contribution in [0.15, 0.2) is 12.2 Å². The van der Waals surface area contributed by atoms with E-state index in [9.17, 15) is 4.79 Å². The van der Waals surface area contributed by atoms with E-state index in [1.807, 2.05) is 13.0 Å². The van der Waals surface area contributed by atoms with Crippen LogP contribution in [0.4, 0.5) is 0 Å². The molecule has 0 radical (unpaired) electrons. The summed E-state index contributed by atoms with van der Waals surface area (Å²) in [6.07, 6.45) is 6.82. The standard InChI is InChI=1S/C8H12O/c1-2-3-7-4-5-8(9)6-7/h2-3,7H,4-6H2,1H3/b3-2+/t7-/m1/s1. The van der Waals surface area contributed by atoms with Gasteiger partial charge in [0.15, 0.2) is 0 Å². The molecule has 50 valence electrons. The normalized spacial score (nSPS) is 28.1. The van der Waals surface area contributed by atoms with Crippen LogP contribution in [0.5, 0.6) is 0 Å². The highest BCUT2D eigenvalue weighted by atomic mass is 16.1. The first-order valence-electron chi connectivity index (χ1n) is 3.47. The lowest BCUT2D eigenvalue weighted by atomic mass is 10.1. The van der Waals surface area contributed by atoms with Gasteiger partial charge in [-0.05, 0) is 19.3 Å². The molecule has 1 saturated carbocycles. The topological polar surface area (TPSA) is 17.1 Å². The maximum Gasteiger partial charge on any atom is 0.133 e. The van der Waals surface area contributed by atoms with E-state index in [2.05, 4.69) is 6.08 Å². The highest BCUT2D eigenvalue weighted by Crippen LogP contribution is 2.22. The van der Waals surface area contributed by atoms with E-state index in [1.165, 1.54) is 0 Å². The van der Waals surface area contributed by atoms with Crippen molar-refractivity contribution in [1.29, 1.82) is 0 Å². The Morgan fingerprint density at radius 1 is 1.67 bits per heavy atom. The molecule has 1 atom stereocenters. The molecule has 0 aromatic carbocycles. The van der Waals surface area contributed by atoms with Crippen molar-refractivity contribution in [2.45, 2.75) is 26.2 Å². The van der Waals surface area contributed by atoms with Gasteiger partial charge in [-0.1, -0.05) is 12.2 Å². The summed E-state index contributed by atoms with van der Waals surface area (Å²) >= 11 is 0. The number of hydrogen-bond acceptors (Lipinski definition) is 1. The fourth-order valence-electron chi connectivity index (χ4n) is 1.28. The summed E-state index contributed by atoms with van der Waals surface area (Å²) in [7, 11) is 0. The van der Waals surface area contributed by atoms with Crippen molar-refractivity contribution < 1.29 is 4.79 Å². The molecule has 0 saturated heterocycles. The molecule has 1 heteroatoms. The number of allylic oxidation sites excluding steroid dienone is 2. The lowest BCUT2D eigenvalue weighted by Gasteiger charge is -1.95. The minimum absolute atomic E-state index is 0.429. The second kappa shape index (κ2) is 2.81. The summed E-state index contributed by atoms with van der Waals surface area (Å²) < 4.78 is 0.